The quantitative estimate of drug-likeness (QED) is 0.737. The summed E-state index contributed by atoms with van der Waals surface area (Å²) in [5.74, 6) is 0.497. The van der Waals surface area contributed by atoms with Gasteiger partial charge >= 0.3 is 0 Å². The van der Waals surface area contributed by atoms with Gasteiger partial charge in [-0.25, -0.2) is 0 Å². The van der Waals surface area contributed by atoms with Gasteiger partial charge in [0.05, 0.1) is 11.7 Å². The Morgan fingerprint density at radius 1 is 1.65 bits per heavy atom. The fourth-order valence-corrected chi connectivity index (χ4v) is 3.59. The Bertz CT molecular complexity index is 363. The monoisotopic (exact) mass is 236 g/mol. The highest BCUT2D eigenvalue weighted by atomic mass is 16.3. The molecule has 17 heavy (non-hydrogen) atoms. The number of allylic oxidation sites excluding steroid dienone is 2. The maximum absolute atomic E-state index is 10.7. The molecule has 0 saturated heterocycles. The Hall–Kier alpha value is -0.600. The molecule has 4 atom stereocenters. The summed E-state index contributed by atoms with van der Waals surface area (Å²) in [5.41, 5.74) is 1.62. The number of aliphatic hydroxyl groups is 2. The summed E-state index contributed by atoms with van der Waals surface area (Å²) in [6.07, 6.45) is 4.85. The summed E-state index contributed by atoms with van der Waals surface area (Å²) in [4.78, 5) is 0. The normalized spacial score (nSPS) is 36.1. The molecule has 0 bridgehead atoms. The van der Waals surface area contributed by atoms with Gasteiger partial charge in [0, 0.05) is 11.8 Å². The molecule has 2 N–H and O–H groups in total. The molecule has 0 amide bonds. The highest BCUT2D eigenvalue weighted by Crippen LogP contribution is 2.71. The lowest BCUT2D eigenvalue weighted by molar-refractivity contribution is -0.0485. The second kappa shape index (κ2) is 3.96. The zero-order chi connectivity index (χ0) is 12.8. The first-order chi connectivity index (χ1) is 7.78. The average molecular weight is 236 g/mol. The van der Waals surface area contributed by atoms with Gasteiger partial charge in [-0.3, -0.25) is 0 Å². The molecule has 0 spiro atoms. The Balaban J connectivity index is 2.06. The van der Waals surface area contributed by atoms with Crippen LogP contribution in [0.4, 0.5) is 0 Å². The Kier molecular flexibility index (Phi) is 2.99. The summed E-state index contributed by atoms with van der Waals surface area (Å²) in [5, 5.41) is 20.6. The van der Waals surface area contributed by atoms with Crippen LogP contribution in [0.1, 0.15) is 46.5 Å². The Morgan fingerprint density at radius 2 is 2.29 bits per heavy atom. The highest BCUT2D eigenvalue weighted by molar-refractivity contribution is 5.30. The maximum atomic E-state index is 10.7. The Morgan fingerprint density at radius 3 is 2.71 bits per heavy atom. The fourth-order valence-electron chi connectivity index (χ4n) is 3.59. The number of aliphatic hydroxyl groups excluding tert-OH is 1. The molecule has 2 rings (SSSR count). The van der Waals surface area contributed by atoms with Gasteiger partial charge in [-0.1, -0.05) is 23.8 Å². The lowest BCUT2D eigenvalue weighted by Crippen LogP contribution is -2.39. The predicted molar refractivity (Wildman–Crippen MR) is 69.6 cm³/mol. The van der Waals surface area contributed by atoms with Crippen molar-refractivity contribution >= 4 is 0 Å². The van der Waals surface area contributed by atoms with E-state index >= 15 is 0 Å². The second-order valence-electron chi connectivity index (χ2n) is 6.36. The van der Waals surface area contributed by atoms with Crippen LogP contribution in [0.2, 0.25) is 0 Å². The van der Waals surface area contributed by atoms with Crippen molar-refractivity contribution < 1.29 is 10.2 Å². The molecule has 96 valence electrons. The topological polar surface area (TPSA) is 40.5 Å². The summed E-state index contributed by atoms with van der Waals surface area (Å²) >= 11 is 0. The zero-order valence-corrected chi connectivity index (χ0v) is 11.2. The third-order valence-corrected chi connectivity index (χ3v) is 4.67. The molecule has 0 aromatic heterocycles. The first-order valence-electron chi connectivity index (χ1n) is 6.52. The number of rotatable bonds is 4. The van der Waals surface area contributed by atoms with Gasteiger partial charge in [0.25, 0.3) is 0 Å². The molecule has 0 heterocycles. The van der Waals surface area contributed by atoms with Crippen molar-refractivity contribution in [1.29, 1.82) is 0 Å². The number of hydrogen-bond acceptors (Lipinski definition) is 2. The van der Waals surface area contributed by atoms with E-state index in [1.54, 1.807) is 0 Å². The summed E-state index contributed by atoms with van der Waals surface area (Å²) in [6, 6.07) is 0. The fraction of sp³-hybridized carbons (Fsp3) is 0.733. The van der Waals surface area contributed by atoms with Crippen LogP contribution in [0.5, 0.6) is 0 Å². The van der Waals surface area contributed by atoms with Gasteiger partial charge in [-0.05, 0) is 46.0 Å². The Labute approximate surface area is 104 Å². The van der Waals surface area contributed by atoms with Gasteiger partial charge in [-0.15, -0.1) is 0 Å². The molecule has 2 aliphatic rings. The van der Waals surface area contributed by atoms with Crippen LogP contribution >= 0.6 is 0 Å². The van der Waals surface area contributed by atoms with Gasteiger partial charge in [-0.2, -0.15) is 0 Å². The third kappa shape index (κ3) is 2.09. The molecule has 2 nitrogen and oxygen atoms in total. The van der Waals surface area contributed by atoms with Gasteiger partial charge in [0.15, 0.2) is 0 Å². The van der Waals surface area contributed by atoms with Crippen molar-refractivity contribution in [1.82, 2.24) is 0 Å². The lowest BCUT2D eigenvalue weighted by Gasteiger charge is -2.33. The average Bonchev–Trinajstić information content (AvgIpc) is 2.81. The van der Waals surface area contributed by atoms with Crippen LogP contribution in [-0.4, -0.2) is 21.9 Å². The largest absolute Gasteiger partial charge is 0.389 e. The van der Waals surface area contributed by atoms with Crippen LogP contribution in [0.15, 0.2) is 23.8 Å². The maximum Gasteiger partial charge on any atom is 0.0750 e. The lowest BCUT2D eigenvalue weighted by atomic mass is 9.79. The van der Waals surface area contributed by atoms with Crippen LogP contribution in [0, 0.1) is 11.3 Å². The van der Waals surface area contributed by atoms with E-state index in [9.17, 15) is 10.2 Å². The van der Waals surface area contributed by atoms with Gasteiger partial charge < -0.3 is 10.2 Å². The predicted octanol–water partition coefficient (Wildman–Crippen LogP) is 2.81. The molecule has 0 aliphatic heterocycles. The van der Waals surface area contributed by atoms with E-state index in [0.29, 0.717) is 12.3 Å². The first kappa shape index (κ1) is 12.8. The van der Waals surface area contributed by atoms with E-state index in [1.165, 1.54) is 5.57 Å². The molecule has 0 aromatic rings. The summed E-state index contributed by atoms with van der Waals surface area (Å²) < 4.78 is 0. The smallest absolute Gasteiger partial charge is 0.0750 e. The van der Waals surface area contributed by atoms with Crippen molar-refractivity contribution in [2.75, 3.05) is 0 Å². The number of hydrogen-bond donors (Lipinski definition) is 2. The minimum atomic E-state index is -0.775. The SMILES string of the molecule is C=C1CCC2(C(C)(O)CC(O)C=C(C)C)CC12. The van der Waals surface area contributed by atoms with Crippen molar-refractivity contribution in [3.63, 3.8) is 0 Å². The van der Waals surface area contributed by atoms with E-state index in [1.807, 2.05) is 26.8 Å². The molecule has 4 unspecified atom stereocenters. The van der Waals surface area contributed by atoms with Crippen LogP contribution in [-0.2, 0) is 0 Å². The van der Waals surface area contributed by atoms with Crippen LogP contribution < -0.4 is 0 Å². The third-order valence-electron chi connectivity index (χ3n) is 4.67. The second-order valence-corrected chi connectivity index (χ2v) is 6.36. The van der Waals surface area contributed by atoms with Crippen molar-refractivity contribution in [3.8, 4) is 0 Å². The molecule has 2 heteroatoms. The van der Waals surface area contributed by atoms with Crippen molar-refractivity contribution in [2.24, 2.45) is 11.3 Å². The number of fused-ring (bicyclic) bond motifs is 1. The minimum absolute atomic E-state index is 0.0144. The zero-order valence-electron chi connectivity index (χ0n) is 11.2. The first-order valence-corrected chi connectivity index (χ1v) is 6.52. The minimum Gasteiger partial charge on any atom is -0.389 e. The molecular formula is C15H24O2. The van der Waals surface area contributed by atoms with E-state index < -0.39 is 11.7 Å². The van der Waals surface area contributed by atoms with E-state index in [2.05, 4.69) is 6.58 Å². The molecule has 2 fully saturated rings. The summed E-state index contributed by atoms with van der Waals surface area (Å²) in [6.45, 7) is 9.89. The molecule has 0 aromatic carbocycles. The molecule has 2 saturated carbocycles. The molecule has 0 radical (unpaired) electrons. The van der Waals surface area contributed by atoms with E-state index in [-0.39, 0.29) is 5.41 Å². The van der Waals surface area contributed by atoms with Crippen molar-refractivity contribution in [3.05, 3.63) is 23.8 Å². The standard InChI is InChI=1S/C15H24O2/c1-10(2)7-12(16)8-14(4,17)15-6-5-11(3)13(15)9-15/h7,12-13,16-17H,3,5-6,8-9H2,1-2,4H3. The highest BCUT2D eigenvalue weighted by Gasteiger charge is 2.67. The molecule has 2 aliphatic carbocycles. The molecular weight excluding hydrogens is 212 g/mol. The van der Waals surface area contributed by atoms with E-state index in [4.69, 9.17) is 0 Å². The summed E-state index contributed by atoms with van der Waals surface area (Å²) in [7, 11) is 0. The van der Waals surface area contributed by atoms with Gasteiger partial charge in [0.2, 0.25) is 0 Å². The van der Waals surface area contributed by atoms with Crippen LogP contribution in [0.3, 0.4) is 0 Å². The van der Waals surface area contributed by atoms with Crippen molar-refractivity contribution in [2.45, 2.75) is 58.2 Å². The van der Waals surface area contributed by atoms with Gasteiger partial charge in [0.1, 0.15) is 0 Å². The van der Waals surface area contributed by atoms with Crippen LogP contribution in [0.25, 0.3) is 0 Å². The van der Waals surface area contributed by atoms with E-state index in [0.717, 1.165) is 24.8 Å².